The summed E-state index contributed by atoms with van der Waals surface area (Å²) < 4.78 is 25.9. The van der Waals surface area contributed by atoms with Crippen LogP contribution < -0.4 is 10.1 Å². The minimum atomic E-state index is -1.17. The zero-order chi connectivity index (χ0) is 29.5. The molecular formula is C33H29FN2O5S. The molecule has 0 spiro atoms. The Balaban J connectivity index is 1.14. The molecule has 0 aliphatic carbocycles. The number of amides is 1. The standard InChI is InChI=1S/C33H29FN2O5S/c1-21(29-30(34)42-31(36-29)26-14-13-24-9-5-6-10-25(24)18-26)19-40-27-15-11-22(12-16-27)17-28(32(37)38)35-33(39)41-20-23-7-3-2-4-8-23/h2-16,18,21,28H,17,19-20H2,1H3,(H,35,39)(H,37,38). The number of nitrogens with one attached hydrogen (secondary N) is 1. The van der Waals surface area contributed by atoms with E-state index in [1.165, 1.54) is 0 Å². The molecule has 7 nitrogen and oxygen atoms in total. The molecule has 0 saturated carbocycles. The predicted molar refractivity (Wildman–Crippen MR) is 160 cm³/mol. The second kappa shape index (κ2) is 13.3. The van der Waals surface area contributed by atoms with E-state index < -0.39 is 18.1 Å². The number of aromatic nitrogens is 1. The monoisotopic (exact) mass is 584 g/mol. The van der Waals surface area contributed by atoms with Gasteiger partial charge in [0.15, 0.2) is 5.13 Å². The summed E-state index contributed by atoms with van der Waals surface area (Å²) in [5.74, 6) is -0.912. The number of thiazole rings is 1. The number of ether oxygens (including phenoxy) is 2. The molecule has 5 aromatic rings. The van der Waals surface area contributed by atoms with Crippen molar-refractivity contribution in [2.45, 2.75) is 31.9 Å². The van der Waals surface area contributed by atoms with E-state index in [1.54, 1.807) is 24.3 Å². The second-order valence-corrected chi connectivity index (χ2v) is 10.8. The van der Waals surface area contributed by atoms with E-state index >= 15 is 0 Å². The van der Waals surface area contributed by atoms with Crippen LogP contribution in [-0.2, 0) is 22.6 Å². The van der Waals surface area contributed by atoms with Crippen molar-refractivity contribution in [3.63, 3.8) is 0 Å². The van der Waals surface area contributed by atoms with Crippen LogP contribution in [0.15, 0.2) is 97.1 Å². The van der Waals surface area contributed by atoms with Gasteiger partial charge in [-0.05, 0) is 40.1 Å². The van der Waals surface area contributed by atoms with Crippen LogP contribution in [0.2, 0.25) is 0 Å². The van der Waals surface area contributed by atoms with Crippen LogP contribution in [-0.4, -0.2) is 34.8 Å². The molecule has 1 aromatic heterocycles. The van der Waals surface area contributed by atoms with Gasteiger partial charge in [0.25, 0.3) is 0 Å². The number of aliphatic carboxylic acids is 1. The second-order valence-electron chi connectivity index (χ2n) is 9.90. The molecule has 0 bridgehead atoms. The zero-order valence-corrected chi connectivity index (χ0v) is 23.6. The van der Waals surface area contributed by atoms with Crippen LogP contribution in [0, 0.1) is 5.13 Å². The van der Waals surface area contributed by atoms with Crippen molar-refractivity contribution in [3.05, 3.63) is 119 Å². The van der Waals surface area contributed by atoms with E-state index in [2.05, 4.69) is 10.3 Å². The Morgan fingerprint density at radius 2 is 1.64 bits per heavy atom. The molecule has 214 valence electrons. The average Bonchev–Trinajstić information content (AvgIpc) is 3.41. The molecule has 42 heavy (non-hydrogen) atoms. The summed E-state index contributed by atoms with van der Waals surface area (Å²) in [4.78, 5) is 28.5. The summed E-state index contributed by atoms with van der Waals surface area (Å²) in [5.41, 5.74) is 2.71. The number of carboxylic acid groups (broad SMARTS) is 1. The minimum Gasteiger partial charge on any atom is -0.493 e. The summed E-state index contributed by atoms with van der Waals surface area (Å²) in [6.07, 6.45) is -0.744. The Bertz CT molecular complexity index is 1670. The van der Waals surface area contributed by atoms with Crippen molar-refractivity contribution in [1.82, 2.24) is 10.3 Å². The number of hydrogen-bond donors (Lipinski definition) is 2. The third kappa shape index (κ3) is 7.30. The number of fused-ring (bicyclic) bond motifs is 1. The van der Waals surface area contributed by atoms with Crippen molar-refractivity contribution in [3.8, 4) is 16.3 Å². The third-order valence-electron chi connectivity index (χ3n) is 6.74. The lowest BCUT2D eigenvalue weighted by Crippen LogP contribution is -2.42. The number of carbonyl (C=O) groups is 2. The fourth-order valence-corrected chi connectivity index (χ4v) is 5.34. The molecule has 0 saturated heterocycles. The van der Waals surface area contributed by atoms with Gasteiger partial charge in [-0.1, -0.05) is 97.1 Å². The summed E-state index contributed by atoms with van der Waals surface area (Å²) in [6, 6.07) is 28.8. The quantitative estimate of drug-likeness (QED) is 0.170. The van der Waals surface area contributed by atoms with Gasteiger partial charge in [-0.25, -0.2) is 14.6 Å². The highest BCUT2D eigenvalue weighted by molar-refractivity contribution is 7.13. The van der Waals surface area contributed by atoms with E-state index in [0.29, 0.717) is 22.0 Å². The molecular weight excluding hydrogens is 555 g/mol. The first-order valence-corrected chi connectivity index (χ1v) is 14.2. The van der Waals surface area contributed by atoms with Gasteiger partial charge in [0.1, 0.15) is 23.4 Å². The SMILES string of the molecule is CC(COc1ccc(CC(NC(=O)OCc2ccccc2)C(=O)O)cc1)c1nc(-c2ccc3ccccc3c2)sc1F. The van der Waals surface area contributed by atoms with Gasteiger partial charge >= 0.3 is 12.1 Å². The van der Waals surface area contributed by atoms with Crippen molar-refractivity contribution in [2.24, 2.45) is 0 Å². The maximum Gasteiger partial charge on any atom is 0.408 e. The highest BCUT2D eigenvalue weighted by Gasteiger charge is 2.22. The number of rotatable bonds is 11. The molecule has 0 fully saturated rings. The predicted octanol–water partition coefficient (Wildman–Crippen LogP) is 7.21. The fraction of sp³-hybridized carbons (Fsp3) is 0.182. The number of benzene rings is 4. The highest BCUT2D eigenvalue weighted by atomic mass is 32.1. The Labute approximate surface area is 246 Å². The van der Waals surface area contributed by atoms with Crippen LogP contribution in [0.3, 0.4) is 0 Å². The normalized spacial score (nSPS) is 12.4. The van der Waals surface area contributed by atoms with E-state index in [9.17, 15) is 19.1 Å². The van der Waals surface area contributed by atoms with Crippen molar-refractivity contribution in [1.29, 1.82) is 0 Å². The lowest BCUT2D eigenvalue weighted by atomic mass is 10.1. The highest BCUT2D eigenvalue weighted by Crippen LogP contribution is 2.32. The first kappa shape index (κ1) is 28.8. The summed E-state index contributed by atoms with van der Waals surface area (Å²) in [7, 11) is 0. The molecule has 4 aromatic carbocycles. The van der Waals surface area contributed by atoms with Gasteiger partial charge < -0.3 is 19.9 Å². The Hall–Kier alpha value is -4.76. The van der Waals surface area contributed by atoms with Gasteiger partial charge in [0, 0.05) is 17.9 Å². The summed E-state index contributed by atoms with van der Waals surface area (Å²) >= 11 is 1.02. The lowest BCUT2D eigenvalue weighted by Gasteiger charge is -2.15. The number of carboxylic acids is 1. The first-order chi connectivity index (χ1) is 20.4. The number of alkyl carbamates (subject to hydrolysis) is 1. The number of carbonyl (C=O) groups excluding carboxylic acids is 1. The molecule has 2 unspecified atom stereocenters. The maximum atomic E-state index is 14.9. The third-order valence-corrected chi connectivity index (χ3v) is 7.65. The van der Waals surface area contributed by atoms with Gasteiger partial charge in [0.2, 0.25) is 0 Å². The first-order valence-electron chi connectivity index (χ1n) is 13.4. The fourth-order valence-electron chi connectivity index (χ4n) is 4.43. The average molecular weight is 585 g/mol. The van der Waals surface area contributed by atoms with Gasteiger partial charge in [0.05, 0.1) is 12.3 Å². The zero-order valence-electron chi connectivity index (χ0n) is 22.8. The molecule has 9 heteroatoms. The van der Waals surface area contributed by atoms with Gasteiger partial charge in [-0.2, -0.15) is 4.39 Å². The molecule has 0 radical (unpaired) electrons. The van der Waals surface area contributed by atoms with E-state index in [-0.39, 0.29) is 30.7 Å². The molecule has 5 rings (SSSR count). The molecule has 2 atom stereocenters. The van der Waals surface area contributed by atoms with Crippen LogP contribution in [0.1, 0.15) is 29.7 Å². The number of halogens is 1. The van der Waals surface area contributed by atoms with E-state index in [4.69, 9.17) is 9.47 Å². The van der Waals surface area contributed by atoms with Gasteiger partial charge in [-0.15, -0.1) is 0 Å². The number of hydrogen-bond acceptors (Lipinski definition) is 6. The molecule has 2 N–H and O–H groups in total. The summed E-state index contributed by atoms with van der Waals surface area (Å²) in [5, 5.41) is 14.5. The van der Waals surface area contributed by atoms with Crippen LogP contribution >= 0.6 is 11.3 Å². The van der Waals surface area contributed by atoms with Gasteiger partial charge in [-0.3, -0.25) is 0 Å². The molecule has 0 aliphatic heterocycles. The van der Waals surface area contributed by atoms with Crippen molar-refractivity contribution in [2.75, 3.05) is 6.61 Å². The van der Waals surface area contributed by atoms with E-state index in [0.717, 1.165) is 33.2 Å². The van der Waals surface area contributed by atoms with E-state index in [1.807, 2.05) is 79.7 Å². The molecule has 0 aliphatic rings. The van der Waals surface area contributed by atoms with Crippen LogP contribution in [0.4, 0.5) is 9.18 Å². The van der Waals surface area contributed by atoms with Crippen LogP contribution in [0.5, 0.6) is 5.75 Å². The minimum absolute atomic E-state index is 0.0407. The Kier molecular flexibility index (Phi) is 9.08. The molecule has 1 amide bonds. The van der Waals surface area contributed by atoms with Crippen molar-refractivity contribution >= 4 is 34.2 Å². The molecule has 1 heterocycles. The largest absolute Gasteiger partial charge is 0.493 e. The summed E-state index contributed by atoms with van der Waals surface area (Å²) in [6.45, 7) is 2.11. The number of nitrogens with zero attached hydrogens (tertiary/aromatic N) is 1. The Morgan fingerprint density at radius 3 is 2.38 bits per heavy atom. The van der Waals surface area contributed by atoms with Crippen LogP contribution in [0.25, 0.3) is 21.3 Å². The maximum absolute atomic E-state index is 14.9. The smallest absolute Gasteiger partial charge is 0.408 e. The topological polar surface area (TPSA) is 97.8 Å². The lowest BCUT2D eigenvalue weighted by molar-refractivity contribution is -0.139. The van der Waals surface area contributed by atoms with Crippen molar-refractivity contribution < 1.29 is 28.6 Å². The Morgan fingerprint density at radius 1 is 0.929 bits per heavy atom.